The van der Waals surface area contributed by atoms with Gasteiger partial charge in [0.05, 0.1) is 12.0 Å². The van der Waals surface area contributed by atoms with Crippen molar-refractivity contribution >= 4 is 17.3 Å². The minimum Gasteiger partial charge on any atom is -0.399 e. The molecule has 0 aromatic heterocycles. The van der Waals surface area contributed by atoms with Crippen LogP contribution in [0.2, 0.25) is 0 Å². The van der Waals surface area contributed by atoms with Gasteiger partial charge in [0, 0.05) is 24.3 Å². The molecular weight excluding hydrogens is 226 g/mol. The molecule has 0 fully saturated rings. The quantitative estimate of drug-likeness (QED) is 0.826. The van der Waals surface area contributed by atoms with Crippen molar-refractivity contribution in [3.05, 3.63) is 23.8 Å². The monoisotopic (exact) mass is 243 g/mol. The summed E-state index contributed by atoms with van der Waals surface area (Å²) in [6.45, 7) is 2.44. The summed E-state index contributed by atoms with van der Waals surface area (Å²) in [5.41, 5.74) is 8.49. The maximum atomic E-state index is 12.0. The second kappa shape index (κ2) is 5.09. The summed E-state index contributed by atoms with van der Waals surface area (Å²) in [5, 5.41) is 9.03. The molecule has 0 radical (unpaired) electrons. The third kappa shape index (κ3) is 2.30. The highest BCUT2D eigenvalue weighted by atomic mass is 16.2. The number of fused-ring (bicyclic) bond motifs is 1. The Bertz CT molecular complexity index is 504. The van der Waals surface area contributed by atoms with Crippen LogP contribution in [-0.2, 0) is 11.2 Å². The first kappa shape index (κ1) is 12.4. The van der Waals surface area contributed by atoms with E-state index in [1.54, 1.807) is 11.0 Å². The second-order valence-corrected chi connectivity index (χ2v) is 4.63. The van der Waals surface area contributed by atoms with E-state index >= 15 is 0 Å². The minimum atomic E-state index is -0.113. The third-order valence-electron chi connectivity index (χ3n) is 3.38. The van der Waals surface area contributed by atoms with Crippen LogP contribution in [0.4, 0.5) is 11.4 Å². The lowest BCUT2D eigenvalue weighted by Gasteiger charge is -2.30. The van der Waals surface area contributed by atoms with Crippen molar-refractivity contribution < 1.29 is 4.79 Å². The van der Waals surface area contributed by atoms with E-state index < -0.39 is 0 Å². The molecule has 94 valence electrons. The summed E-state index contributed by atoms with van der Waals surface area (Å²) < 4.78 is 0. The number of hydrogen-bond donors (Lipinski definition) is 1. The van der Waals surface area contributed by atoms with Crippen molar-refractivity contribution in [1.82, 2.24) is 0 Å². The van der Waals surface area contributed by atoms with Crippen LogP contribution in [0.5, 0.6) is 0 Å². The number of nitrogens with zero attached hydrogens (tertiary/aromatic N) is 2. The highest BCUT2D eigenvalue weighted by Crippen LogP contribution is 2.30. The number of nitriles is 1. The van der Waals surface area contributed by atoms with E-state index in [9.17, 15) is 4.79 Å². The summed E-state index contributed by atoms with van der Waals surface area (Å²) in [6, 6.07) is 7.85. The van der Waals surface area contributed by atoms with Gasteiger partial charge in [-0.1, -0.05) is 6.92 Å². The summed E-state index contributed by atoms with van der Waals surface area (Å²) >= 11 is 0. The lowest BCUT2D eigenvalue weighted by atomic mass is 9.98. The predicted octanol–water partition coefficient (Wildman–Crippen LogP) is 2.10. The normalized spacial score (nSPS) is 16.0. The fraction of sp³-hybridized carbons (Fsp3) is 0.429. The lowest BCUT2D eigenvalue weighted by molar-refractivity contribution is -0.119. The van der Waals surface area contributed by atoms with E-state index in [4.69, 9.17) is 11.0 Å². The van der Waals surface area contributed by atoms with E-state index in [1.165, 1.54) is 0 Å². The van der Waals surface area contributed by atoms with Gasteiger partial charge in [-0.3, -0.25) is 4.79 Å². The molecule has 0 bridgehead atoms. The Hall–Kier alpha value is -2.02. The van der Waals surface area contributed by atoms with Crippen LogP contribution in [-0.4, -0.2) is 12.5 Å². The van der Waals surface area contributed by atoms with Crippen molar-refractivity contribution in [2.45, 2.75) is 26.2 Å². The van der Waals surface area contributed by atoms with Gasteiger partial charge in [0.1, 0.15) is 0 Å². The van der Waals surface area contributed by atoms with Crippen LogP contribution in [0.1, 0.15) is 25.3 Å². The number of aryl methyl sites for hydroxylation is 1. The molecule has 1 amide bonds. The predicted molar refractivity (Wildman–Crippen MR) is 70.9 cm³/mol. The number of hydrogen-bond acceptors (Lipinski definition) is 3. The van der Waals surface area contributed by atoms with Crippen LogP contribution < -0.4 is 10.6 Å². The fourth-order valence-electron chi connectivity index (χ4n) is 2.26. The Morgan fingerprint density at radius 2 is 2.28 bits per heavy atom. The number of benzene rings is 1. The zero-order chi connectivity index (χ0) is 13.1. The van der Waals surface area contributed by atoms with Crippen molar-refractivity contribution in [1.29, 1.82) is 5.26 Å². The highest BCUT2D eigenvalue weighted by Gasteiger charge is 2.26. The lowest BCUT2D eigenvalue weighted by Crippen LogP contribution is -2.38. The SMILES string of the molecule is CCC(C#N)CN1C(=O)CCc2cc(N)ccc21. The van der Waals surface area contributed by atoms with Gasteiger partial charge in [0.25, 0.3) is 0 Å². The van der Waals surface area contributed by atoms with Gasteiger partial charge in [-0.05, 0) is 36.6 Å². The summed E-state index contributed by atoms with van der Waals surface area (Å²) in [7, 11) is 0. The van der Waals surface area contributed by atoms with Crippen molar-refractivity contribution in [3.63, 3.8) is 0 Å². The molecule has 1 aromatic rings. The topological polar surface area (TPSA) is 70.1 Å². The average molecular weight is 243 g/mol. The van der Waals surface area contributed by atoms with Gasteiger partial charge in [-0.25, -0.2) is 0 Å². The second-order valence-electron chi connectivity index (χ2n) is 4.63. The molecule has 1 aromatic carbocycles. The standard InChI is InChI=1S/C14H17N3O/c1-2-10(8-15)9-17-13-5-4-12(16)7-11(13)3-6-14(17)18/h4-5,7,10H,2-3,6,9,16H2,1H3. The first-order valence-electron chi connectivity index (χ1n) is 6.24. The van der Waals surface area contributed by atoms with E-state index in [0.29, 0.717) is 13.0 Å². The van der Waals surface area contributed by atoms with Crippen LogP contribution in [0, 0.1) is 17.2 Å². The molecule has 2 rings (SSSR count). The average Bonchev–Trinajstić information content (AvgIpc) is 2.38. The Morgan fingerprint density at radius 1 is 1.50 bits per heavy atom. The molecule has 0 saturated heterocycles. The molecule has 1 atom stereocenters. The minimum absolute atomic E-state index is 0.0981. The van der Waals surface area contributed by atoms with Crippen molar-refractivity contribution in [2.75, 3.05) is 17.2 Å². The number of amides is 1. The maximum Gasteiger partial charge on any atom is 0.227 e. The summed E-state index contributed by atoms with van der Waals surface area (Å²) in [5.74, 6) is -0.0153. The zero-order valence-corrected chi connectivity index (χ0v) is 10.5. The molecule has 1 heterocycles. The van der Waals surface area contributed by atoms with E-state index in [0.717, 1.165) is 29.8 Å². The number of carbonyl (C=O) groups is 1. The molecule has 1 unspecified atom stereocenters. The van der Waals surface area contributed by atoms with Crippen LogP contribution >= 0.6 is 0 Å². The van der Waals surface area contributed by atoms with Crippen LogP contribution in [0.3, 0.4) is 0 Å². The van der Waals surface area contributed by atoms with Gasteiger partial charge in [-0.2, -0.15) is 5.26 Å². The first-order valence-corrected chi connectivity index (χ1v) is 6.24. The van der Waals surface area contributed by atoms with Crippen LogP contribution in [0.15, 0.2) is 18.2 Å². The number of nitrogens with two attached hydrogens (primary N) is 1. The first-order chi connectivity index (χ1) is 8.65. The zero-order valence-electron chi connectivity index (χ0n) is 10.5. The molecule has 18 heavy (non-hydrogen) atoms. The molecule has 2 N–H and O–H groups in total. The molecule has 4 heteroatoms. The van der Waals surface area contributed by atoms with E-state index in [1.807, 2.05) is 19.1 Å². The Labute approximate surface area is 107 Å². The van der Waals surface area contributed by atoms with E-state index in [2.05, 4.69) is 6.07 Å². The van der Waals surface area contributed by atoms with Crippen LogP contribution in [0.25, 0.3) is 0 Å². The number of anilines is 2. The van der Waals surface area contributed by atoms with Gasteiger partial charge in [-0.15, -0.1) is 0 Å². The Kier molecular flexibility index (Phi) is 3.52. The Balaban J connectivity index is 2.31. The number of carbonyl (C=O) groups excluding carboxylic acids is 1. The molecule has 0 spiro atoms. The summed E-state index contributed by atoms with van der Waals surface area (Å²) in [4.78, 5) is 13.7. The molecule has 1 aliphatic heterocycles. The van der Waals surface area contributed by atoms with E-state index in [-0.39, 0.29) is 11.8 Å². The summed E-state index contributed by atoms with van der Waals surface area (Å²) in [6.07, 6.45) is 1.99. The van der Waals surface area contributed by atoms with Gasteiger partial charge in [0.2, 0.25) is 5.91 Å². The fourth-order valence-corrected chi connectivity index (χ4v) is 2.26. The number of nitrogen functional groups attached to an aromatic ring is 1. The van der Waals surface area contributed by atoms with Gasteiger partial charge < -0.3 is 10.6 Å². The Morgan fingerprint density at radius 3 is 2.94 bits per heavy atom. The van der Waals surface area contributed by atoms with Crippen molar-refractivity contribution in [3.8, 4) is 6.07 Å². The van der Waals surface area contributed by atoms with Crippen molar-refractivity contribution in [2.24, 2.45) is 5.92 Å². The highest BCUT2D eigenvalue weighted by molar-refractivity contribution is 5.96. The third-order valence-corrected chi connectivity index (χ3v) is 3.38. The van der Waals surface area contributed by atoms with Gasteiger partial charge >= 0.3 is 0 Å². The molecule has 0 saturated carbocycles. The molecule has 4 nitrogen and oxygen atoms in total. The largest absolute Gasteiger partial charge is 0.399 e. The molecule has 1 aliphatic rings. The molecular formula is C14H17N3O. The smallest absolute Gasteiger partial charge is 0.227 e. The van der Waals surface area contributed by atoms with Gasteiger partial charge in [0.15, 0.2) is 0 Å². The number of rotatable bonds is 3. The molecule has 0 aliphatic carbocycles. The maximum absolute atomic E-state index is 12.0.